The number of thiazole rings is 1. The van der Waals surface area contributed by atoms with Gasteiger partial charge in [0.1, 0.15) is 23.2 Å². The number of hydrogen-bond acceptors (Lipinski definition) is 6. The molecule has 0 saturated heterocycles. The van der Waals surface area contributed by atoms with E-state index in [-0.39, 0.29) is 12.2 Å². The van der Waals surface area contributed by atoms with E-state index < -0.39 is 17.7 Å². The van der Waals surface area contributed by atoms with Crippen LogP contribution in [0.5, 0.6) is 5.75 Å². The number of nitrogens with one attached hydrogen (secondary N) is 1. The second kappa shape index (κ2) is 7.46. The van der Waals surface area contributed by atoms with Crippen LogP contribution < -0.4 is 10.1 Å². The Kier molecular flexibility index (Phi) is 4.63. The van der Waals surface area contributed by atoms with Gasteiger partial charge < -0.3 is 10.1 Å². The molecule has 1 unspecified atom stereocenters. The van der Waals surface area contributed by atoms with Gasteiger partial charge in [-0.25, -0.2) is 18.7 Å². The van der Waals surface area contributed by atoms with Crippen LogP contribution in [-0.2, 0) is 0 Å². The zero-order chi connectivity index (χ0) is 20.7. The smallest absolute Gasteiger partial charge is 0.169 e. The molecule has 0 saturated carbocycles. The van der Waals surface area contributed by atoms with E-state index in [1.54, 1.807) is 23.7 Å². The van der Waals surface area contributed by atoms with Gasteiger partial charge in [-0.05, 0) is 37.3 Å². The van der Waals surface area contributed by atoms with Crippen LogP contribution in [0.25, 0.3) is 22.0 Å². The lowest BCUT2D eigenvalue weighted by Crippen LogP contribution is -2.26. The molecule has 0 amide bonds. The normalized spacial score (nSPS) is 15.2. The summed E-state index contributed by atoms with van der Waals surface area (Å²) in [6.07, 6.45) is 3.42. The summed E-state index contributed by atoms with van der Waals surface area (Å²) in [6.45, 7) is 2.08. The van der Waals surface area contributed by atoms with Gasteiger partial charge in [-0.15, -0.1) is 11.3 Å². The van der Waals surface area contributed by atoms with Crippen molar-refractivity contribution in [2.45, 2.75) is 13.0 Å². The predicted molar refractivity (Wildman–Crippen MR) is 112 cm³/mol. The highest BCUT2D eigenvalue weighted by Gasteiger charge is 2.27. The van der Waals surface area contributed by atoms with Crippen molar-refractivity contribution in [3.8, 4) is 27.7 Å². The van der Waals surface area contributed by atoms with Crippen LogP contribution in [0, 0.1) is 18.6 Å². The van der Waals surface area contributed by atoms with Crippen LogP contribution >= 0.6 is 11.3 Å². The average molecular weight is 422 g/mol. The first-order chi connectivity index (χ1) is 14.6. The van der Waals surface area contributed by atoms with Gasteiger partial charge in [0.25, 0.3) is 0 Å². The third kappa shape index (κ3) is 3.29. The van der Waals surface area contributed by atoms with E-state index in [0.29, 0.717) is 11.6 Å². The largest absolute Gasteiger partial charge is 0.487 e. The Morgan fingerprint density at radius 2 is 1.93 bits per heavy atom. The van der Waals surface area contributed by atoms with Crippen molar-refractivity contribution in [1.82, 2.24) is 15.0 Å². The number of anilines is 1. The summed E-state index contributed by atoms with van der Waals surface area (Å²) >= 11 is 1.56. The highest BCUT2D eigenvalue weighted by atomic mass is 32.1. The number of nitrogens with zero attached hydrogens (tertiary/aromatic N) is 3. The van der Waals surface area contributed by atoms with E-state index >= 15 is 0 Å². The van der Waals surface area contributed by atoms with Crippen molar-refractivity contribution in [3.05, 3.63) is 76.9 Å². The van der Waals surface area contributed by atoms with Gasteiger partial charge >= 0.3 is 0 Å². The number of halogens is 2. The number of ether oxygens (including phenoxy) is 1. The summed E-state index contributed by atoms with van der Waals surface area (Å²) in [7, 11) is 0. The van der Waals surface area contributed by atoms with Gasteiger partial charge in [0, 0.05) is 28.4 Å². The van der Waals surface area contributed by atoms with Gasteiger partial charge in [0.15, 0.2) is 11.6 Å². The van der Waals surface area contributed by atoms with E-state index in [9.17, 15) is 8.78 Å². The maximum atomic E-state index is 14.1. The topological polar surface area (TPSA) is 59.9 Å². The molecule has 0 aliphatic carbocycles. The van der Waals surface area contributed by atoms with Gasteiger partial charge in [0.05, 0.1) is 17.4 Å². The molecule has 1 aliphatic rings. The van der Waals surface area contributed by atoms with Crippen LogP contribution in [0.15, 0.2) is 54.9 Å². The van der Waals surface area contributed by atoms with Gasteiger partial charge in [-0.1, -0.05) is 12.1 Å². The highest BCUT2D eigenvalue weighted by Crippen LogP contribution is 2.38. The molecule has 8 heteroatoms. The van der Waals surface area contributed by atoms with Crippen molar-refractivity contribution in [2.24, 2.45) is 0 Å². The van der Waals surface area contributed by atoms with Gasteiger partial charge in [-0.2, -0.15) is 0 Å². The first kappa shape index (κ1) is 18.6. The minimum atomic E-state index is -0.659. The van der Waals surface area contributed by atoms with Gasteiger partial charge in [0.2, 0.25) is 0 Å². The monoisotopic (exact) mass is 422 g/mol. The van der Waals surface area contributed by atoms with Crippen LogP contribution in [0.4, 0.5) is 14.6 Å². The van der Waals surface area contributed by atoms with Crippen molar-refractivity contribution < 1.29 is 13.5 Å². The fraction of sp³-hybridized carbons (Fsp3) is 0.136. The molecule has 0 fully saturated rings. The lowest BCUT2D eigenvalue weighted by Gasteiger charge is -2.27. The fourth-order valence-corrected chi connectivity index (χ4v) is 4.35. The Hall–Kier alpha value is -3.39. The molecule has 5 nitrogen and oxygen atoms in total. The molecule has 1 N–H and O–H groups in total. The maximum absolute atomic E-state index is 14.1. The number of rotatable bonds is 3. The molecule has 1 aromatic carbocycles. The SMILES string of the molecule is Cc1sc(-c2ccccn2)nc1-c1cnc2c(c1)OCC(c1c(F)cccc1F)N2. The molecule has 0 bridgehead atoms. The minimum Gasteiger partial charge on any atom is -0.487 e. The first-order valence-electron chi connectivity index (χ1n) is 9.32. The predicted octanol–water partition coefficient (Wildman–Crippen LogP) is 5.40. The maximum Gasteiger partial charge on any atom is 0.169 e. The van der Waals surface area contributed by atoms with E-state index in [2.05, 4.69) is 15.3 Å². The van der Waals surface area contributed by atoms with Crippen molar-refractivity contribution in [2.75, 3.05) is 11.9 Å². The lowest BCUT2D eigenvalue weighted by molar-refractivity contribution is 0.279. The molecule has 30 heavy (non-hydrogen) atoms. The van der Waals surface area contributed by atoms with Crippen molar-refractivity contribution >= 4 is 17.2 Å². The molecular weight excluding hydrogens is 406 g/mol. The average Bonchev–Trinajstić information content (AvgIpc) is 3.15. The number of aryl methyl sites for hydroxylation is 1. The van der Waals surface area contributed by atoms with E-state index in [0.717, 1.165) is 26.8 Å². The van der Waals surface area contributed by atoms with Crippen molar-refractivity contribution in [3.63, 3.8) is 0 Å². The summed E-state index contributed by atoms with van der Waals surface area (Å²) in [4.78, 5) is 14.5. The van der Waals surface area contributed by atoms with Crippen molar-refractivity contribution in [1.29, 1.82) is 0 Å². The van der Waals surface area contributed by atoms with E-state index in [4.69, 9.17) is 9.72 Å². The summed E-state index contributed by atoms with van der Waals surface area (Å²) < 4.78 is 34.0. The molecular formula is C22H16F2N4OS. The molecule has 3 aromatic heterocycles. The second-order valence-electron chi connectivity index (χ2n) is 6.85. The Morgan fingerprint density at radius 3 is 2.70 bits per heavy atom. The summed E-state index contributed by atoms with van der Waals surface area (Å²) in [5.74, 6) is -0.268. The molecule has 4 heterocycles. The Balaban J connectivity index is 1.45. The van der Waals surface area contributed by atoms with E-state index in [1.807, 2.05) is 31.2 Å². The molecule has 1 aliphatic heterocycles. The number of fused-ring (bicyclic) bond motifs is 1. The highest BCUT2D eigenvalue weighted by molar-refractivity contribution is 7.15. The fourth-order valence-electron chi connectivity index (χ4n) is 3.43. The molecule has 0 spiro atoms. The molecule has 5 rings (SSSR count). The Bertz CT molecular complexity index is 1210. The summed E-state index contributed by atoms with van der Waals surface area (Å²) in [6, 6.07) is 10.7. The Labute approximate surface area is 175 Å². The Morgan fingerprint density at radius 1 is 1.10 bits per heavy atom. The lowest BCUT2D eigenvalue weighted by atomic mass is 10.0. The van der Waals surface area contributed by atoms with Crippen LogP contribution in [0.2, 0.25) is 0 Å². The third-order valence-corrected chi connectivity index (χ3v) is 5.86. The zero-order valence-corrected chi connectivity index (χ0v) is 16.7. The number of aromatic nitrogens is 3. The quantitative estimate of drug-likeness (QED) is 0.479. The minimum absolute atomic E-state index is 0.0515. The number of hydrogen-bond donors (Lipinski definition) is 1. The van der Waals surface area contributed by atoms with E-state index in [1.165, 1.54) is 18.2 Å². The van der Waals surface area contributed by atoms with Crippen LogP contribution in [0.3, 0.4) is 0 Å². The van der Waals surface area contributed by atoms with Crippen LogP contribution in [-0.4, -0.2) is 21.6 Å². The van der Waals surface area contributed by atoms with Crippen LogP contribution in [0.1, 0.15) is 16.5 Å². The molecule has 4 aromatic rings. The molecule has 0 radical (unpaired) electrons. The van der Waals surface area contributed by atoms with Gasteiger partial charge in [-0.3, -0.25) is 4.98 Å². The number of benzene rings is 1. The summed E-state index contributed by atoms with van der Waals surface area (Å²) in [5, 5.41) is 3.90. The summed E-state index contributed by atoms with van der Waals surface area (Å²) in [5.41, 5.74) is 2.38. The standard InChI is InChI=1S/C22H16F2N4OS/c1-12-20(28-22(30-12)16-7-2-3-8-25-16)13-9-18-21(26-10-13)27-17(11-29-18)19-14(23)5-4-6-15(19)24/h2-10,17H,11H2,1H3,(H,26,27). The molecule has 1 atom stereocenters. The second-order valence-corrected chi connectivity index (χ2v) is 8.06. The first-order valence-corrected chi connectivity index (χ1v) is 10.1. The zero-order valence-electron chi connectivity index (χ0n) is 15.9. The number of pyridine rings is 2. The third-order valence-electron chi connectivity index (χ3n) is 4.87. The molecule has 150 valence electrons.